The number of nitrogens with one attached hydrogen (secondary N) is 2. The van der Waals surface area contributed by atoms with E-state index in [0.29, 0.717) is 12.8 Å². The Kier molecular flexibility index (Phi) is 6.76. The summed E-state index contributed by atoms with van der Waals surface area (Å²) in [6, 6.07) is 13.9. The molecular formula is C19H24N2O4S. The highest BCUT2D eigenvalue weighted by molar-refractivity contribution is 7.89. The fourth-order valence-corrected chi connectivity index (χ4v) is 3.36. The number of hydrogen-bond acceptors (Lipinski definition) is 4. The fourth-order valence-electron chi connectivity index (χ4n) is 2.63. The molecule has 0 saturated carbocycles. The molecule has 2 rings (SSSR count). The van der Waals surface area contributed by atoms with Crippen LogP contribution in [0.3, 0.4) is 0 Å². The van der Waals surface area contributed by atoms with Crippen LogP contribution in [0, 0.1) is 0 Å². The molecule has 0 heterocycles. The van der Waals surface area contributed by atoms with Gasteiger partial charge in [-0.2, -0.15) is 0 Å². The molecular weight excluding hydrogens is 352 g/mol. The highest BCUT2D eigenvalue weighted by atomic mass is 32.2. The number of hydrogen-bond donors (Lipinski definition) is 2. The molecule has 0 aliphatic rings. The first-order chi connectivity index (χ1) is 12.4. The lowest BCUT2D eigenvalue weighted by atomic mass is 10.1. The number of carbonyl (C=O) groups excluding carboxylic acids is 1. The van der Waals surface area contributed by atoms with Crippen molar-refractivity contribution in [1.29, 1.82) is 0 Å². The molecule has 0 spiro atoms. The maximum absolute atomic E-state index is 12.2. The van der Waals surface area contributed by atoms with Gasteiger partial charge in [0.2, 0.25) is 15.9 Å². The standard InChI is InChI=1S/C19H24N2O4S/c1-14(17-6-4-5-7-18(17)25-3)21-19(22)13-10-15-8-11-16(12-9-15)26(23,24)20-2/h4-9,11-12,14,20H,10,13H2,1-3H3,(H,21,22)/t14-/m0/s1. The molecule has 0 bridgehead atoms. The molecule has 26 heavy (non-hydrogen) atoms. The van der Waals surface area contributed by atoms with Crippen LogP contribution in [-0.4, -0.2) is 28.5 Å². The van der Waals surface area contributed by atoms with Crippen molar-refractivity contribution in [3.63, 3.8) is 0 Å². The molecule has 0 fully saturated rings. The van der Waals surface area contributed by atoms with Crippen LogP contribution in [0.4, 0.5) is 0 Å². The van der Waals surface area contributed by atoms with E-state index in [-0.39, 0.29) is 16.8 Å². The average Bonchev–Trinajstić information content (AvgIpc) is 2.66. The van der Waals surface area contributed by atoms with Crippen molar-refractivity contribution in [3.05, 3.63) is 59.7 Å². The molecule has 1 amide bonds. The van der Waals surface area contributed by atoms with Gasteiger partial charge in [-0.3, -0.25) is 4.79 Å². The van der Waals surface area contributed by atoms with E-state index in [1.54, 1.807) is 19.2 Å². The Hall–Kier alpha value is -2.38. The Morgan fingerprint density at radius 1 is 1.12 bits per heavy atom. The lowest BCUT2D eigenvalue weighted by Gasteiger charge is -2.17. The first kappa shape index (κ1) is 19.9. The molecule has 0 aromatic heterocycles. The molecule has 7 heteroatoms. The molecule has 2 N–H and O–H groups in total. The van der Waals surface area contributed by atoms with Crippen LogP contribution >= 0.6 is 0 Å². The zero-order valence-electron chi connectivity index (χ0n) is 15.2. The van der Waals surface area contributed by atoms with Crippen LogP contribution in [0.25, 0.3) is 0 Å². The van der Waals surface area contributed by atoms with Gasteiger partial charge in [0.15, 0.2) is 0 Å². The van der Waals surface area contributed by atoms with Crippen LogP contribution in [0.2, 0.25) is 0 Å². The molecule has 0 aliphatic carbocycles. The number of rotatable bonds is 8. The molecule has 140 valence electrons. The van der Waals surface area contributed by atoms with E-state index in [9.17, 15) is 13.2 Å². The Bertz CT molecular complexity index is 848. The second-order valence-electron chi connectivity index (χ2n) is 5.88. The average molecular weight is 376 g/mol. The molecule has 1 atom stereocenters. The van der Waals surface area contributed by atoms with Crippen LogP contribution in [0.15, 0.2) is 53.4 Å². The van der Waals surface area contributed by atoms with E-state index in [1.807, 2.05) is 31.2 Å². The Balaban J connectivity index is 1.92. The van der Waals surface area contributed by atoms with Crippen molar-refractivity contribution in [3.8, 4) is 5.75 Å². The van der Waals surface area contributed by atoms with Gasteiger partial charge in [-0.1, -0.05) is 30.3 Å². The minimum Gasteiger partial charge on any atom is -0.496 e. The van der Waals surface area contributed by atoms with E-state index in [4.69, 9.17) is 4.74 Å². The quantitative estimate of drug-likeness (QED) is 0.741. The van der Waals surface area contributed by atoms with Crippen LogP contribution in [0.5, 0.6) is 5.75 Å². The molecule has 0 aliphatic heterocycles. The number of sulfonamides is 1. The second kappa shape index (κ2) is 8.82. The summed E-state index contributed by atoms with van der Waals surface area (Å²) in [6.45, 7) is 1.91. The maximum atomic E-state index is 12.2. The summed E-state index contributed by atoms with van der Waals surface area (Å²) in [5.74, 6) is 0.664. The lowest BCUT2D eigenvalue weighted by molar-refractivity contribution is -0.121. The summed E-state index contributed by atoms with van der Waals surface area (Å²) in [4.78, 5) is 12.4. The van der Waals surface area contributed by atoms with E-state index in [2.05, 4.69) is 10.0 Å². The third kappa shape index (κ3) is 5.06. The van der Waals surface area contributed by atoms with Crippen molar-refractivity contribution in [2.24, 2.45) is 0 Å². The zero-order chi connectivity index (χ0) is 19.2. The summed E-state index contributed by atoms with van der Waals surface area (Å²) in [5.41, 5.74) is 1.82. The van der Waals surface area contributed by atoms with Gasteiger partial charge in [0.05, 0.1) is 18.0 Å². The number of amides is 1. The highest BCUT2D eigenvalue weighted by Crippen LogP contribution is 2.24. The Morgan fingerprint density at radius 3 is 2.38 bits per heavy atom. The molecule has 0 radical (unpaired) electrons. The fraction of sp³-hybridized carbons (Fsp3) is 0.316. The summed E-state index contributed by atoms with van der Waals surface area (Å²) in [6.07, 6.45) is 0.849. The number of carbonyl (C=O) groups is 1. The monoisotopic (exact) mass is 376 g/mol. The van der Waals surface area contributed by atoms with Gasteiger partial charge >= 0.3 is 0 Å². The second-order valence-corrected chi connectivity index (χ2v) is 7.77. The number of benzene rings is 2. The van der Waals surface area contributed by atoms with Crippen LogP contribution in [0.1, 0.15) is 30.5 Å². The maximum Gasteiger partial charge on any atom is 0.240 e. The molecule has 0 saturated heterocycles. The van der Waals surface area contributed by atoms with Crippen molar-refractivity contribution in [2.45, 2.75) is 30.7 Å². The lowest BCUT2D eigenvalue weighted by Crippen LogP contribution is -2.27. The number of ether oxygens (including phenoxy) is 1. The van der Waals surface area contributed by atoms with E-state index in [1.165, 1.54) is 19.2 Å². The molecule has 6 nitrogen and oxygen atoms in total. The smallest absolute Gasteiger partial charge is 0.240 e. The molecule has 0 unspecified atom stereocenters. The van der Waals surface area contributed by atoms with Crippen molar-refractivity contribution in [2.75, 3.05) is 14.2 Å². The van der Waals surface area contributed by atoms with Gasteiger partial charge in [0.1, 0.15) is 5.75 Å². The van der Waals surface area contributed by atoms with Gasteiger partial charge < -0.3 is 10.1 Å². The minimum atomic E-state index is -3.44. The number of para-hydroxylation sites is 1. The number of aryl methyl sites for hydroxylation is 1. The van der Waals surface area contributed by atoms with E-state index < -0.39 is 10.0 Å². The van der Waals surface area contributed by atoms with Crippen molar-refractivity contribution >= 4 is 15.9 Å². The number of methoxy groups -OCH3 is 1. The normalized spacial score (nSPS) is 12.4. The largest absolute Gasteiger partial charge is 0.496 e. The van der Waals surface area contributed by atoms with Crippen LogP contribution in [-0.2, 0) is 21.2 Å². The van der Waals surface area contributed by atoms with Crippen LogP contribution < -0.4 is 14.8 Å². The SMILES string of the molecule is CNS(=O)(=O)c1ccc(CCC(=O)N[C@@H](C)c2ccccc2OC)cc1. The van der Waals surface area contributed by atoms with E-state index in [0.717, 1.165) is 16.9 Å². The first-order valence-corrected chi connectivity index (χ1v) is 9.80. The Labute approximate surface area is 154 Å². The highest BCUT2D eigenvalue weighted by Gasteiger charge is 2.14. The zero-order valence-corrected chi connectivity index (χ0v) is 16.0. The predicted octanol–water partition coefficient (Wildman–Crippen LogP) is 2.41. The topological polar surface area (TPSA) is 84.5 Å². The third-order valence-corrected chi connectivity index (χ3v) is 5.56. The minimum absolute atomic E-state index is 0.0738. The van der Waals surface area contributed by atoms with Gasteiger partial charge in [-0.15, -0.1) is 0 Å². The molecule has 2 aromatic carbocycles. The molecule has 2 aromatic rings. The Morgan fingerprint density at radius 2 is 1.77 bits per heavy atom. The summed E-state index contributed by atoms with van der Waals surface area (Å²) in [5, 5.41) is 2.96. The van der Waals surface area contributed by atoms with Crippen molar-refractivity contribution in [1.82, 2.24) is 10.0 Å². The van der Waals surface area contributed by atoms with Gasteiger partial charge in [0, 0.05) is 12.0 Å². The summed E-state index contributed by atoms with van der Waals surface area (Å²) in [7, 11) is -0.467. The van der Waals surface area contributed by atoms with Crippen molar-refractivity contribution < 1.29 is 17.9 Å². The predicted molar refractivity (Wildman–Crippen MR) is 101 cm³/mol. The van der Waals surface area contributed by atoms with Gasteiger partial charge in [0.25, 0.3) is 0 Å². The third-order valence-electron chi connectivity index (χ3n) is 4.13. The summed E-state index contributed by atoms with van der Waals surface area (Å²) < 4.78 is 31.0. The van der Waals surface area contributed by atoms with E-state index >= 15 is 0 Å². The van der Waals surface area contributed by atoms with Gasteiger partial charge in [-0.25, -0.2) is 13.1 Å². The van der Waals surface area contributed by atoms with Gasteiger partial charge in [-0.05, 0) is 44.2 Å². The summed E-state index contributed by atoms with van der Waals surface area (Å²) >= 11 is 0. The first-order valence-electron chi connectivity index (χ1n) is 8.32.